The van der Waals surface area contributed by atoms with E-state index < -0.39 is 0 Å². The van der Waals surface area contributed by atoms with E-state index in [1.807, 2.05) is 19.1 Å². The van der Waals surface area contributed by atoms with Crippen molar-refractivity contribution in [3.05, 3.63) is 29.3 Å². The lowest BCUT2D eigenvalue weighted by Crippen LogP contribution is -2.20. The highest BCUT2D eigenvalue weighted by molar-refractivity contribution is 6.29. The lowest BCUT2D eigenvalue weighted by atomic mass is 10.1. The summed E-state index contributed by atoms with van der Waals surface area (Å²) in [7, 11) is 4.78. The molecule has 1 rings (SSSR count). The molecule has 5 heteroatoms. The van der Waals surface area contributed by atoms with E-state index in [9.17, 15) is 0 Å². The monoisotopic (exact) mass is 285 g/mol. The van der Waals surface area contributed by atoms with Crippen LogP contribution in [0.3, 0.4) is 0 Å². The highest BCUT2D eigenvalue weighted by Crippen LogP contribution is 2.39. The molecule has 1 atom stereocenters. The lowest BCUT2D eigenvalue weighted by molar-refractivity contribution is 0.323. The highest BCUT2D eigenvalue weighted by atomic mass is 35.5. The van der Waals surface area contributed by atoms with Gasteiger partial charge in [-0.05, 0) is 24.6 Å². The normalized spacial score (nSPS) is 11.8. The van der Waals surface area contributed by atoms with Gasteiger partial charge in [-0.25, -0.2) is 0 Å². The average molecular weight is 286 g/mol. The Labute approximate surface area is 119 Å². The summed E-state index contributed by atoms with van der Waals surface area (Å²) >= 11 is 5.75. The second kappa shape index (κ2) is 7.26. The van der Waals surface area contributed by atoms with E-state index in [4.69, 9.17) is 25.8 Å². The van der Waals surface area contributed by atoms with Gasteiger partial charge in [-0.15, -0.1) is 0 Å². The second-order valence-electron chi connectivity index (χ2n) is 4.08. The van der Waals surface area contributed by atoms with E-state index in [1.54, 1.807) is 21.3 Å². The summed E-state index contributed by atoms with van der Waals surface area (Å²) in [4.78, 5) is 0. The Bertz CT molecular complexity index is 423. The van der Waals surface area contributed by atoms with Gasteiger partial charge in [0.25, 0.3) is 0 Å². The molecule has 0 spiro atoms. The zero-order valence-corrected chi connectivity index (χ0v) is 12.5. The van der Waals surface area contributed by atoms with Crippen molar-refractivity contribution in [1.29, 1.82) is 0 Å². The second-order valence-corrected chi connectivity index (χ2v) is 4.61. The number of rotatable bonds is 7. The Morgan fingerprint density at radius 1 is 1.21 bits per heavy atom. The Balaban J connectivity index is 3.04. The van der Waals surface area contributed by atoms with Crippen molar-refractivity contribution in [3.63, 3.8) is 0 Å². The van der Waals surface area contributed by atoms with Crippen LogP contribution in [0.15, 0.2) is 23.7 Å². The molecule has 19 heavy (non-hydrogen) atoms. The minimum Gasteiger partial charge on any atom is -0.493 e. The molecule has 1 unspecified atom stereocenters. The fourth-order valence-corrected chi connectivity index (χ4v) is 1.81. The first-order valence-corrected chi connectivity index (χ1v) is 6.27. The Morgan fingerprint density at radius 3 is 2.11 bits per heavy atom. The van der Waals surface area contributed by atoms with Crippen LogP contribution in [0, 0.1) is 0 Å². The maximum atomic E-state index is 5.75. The third kappa shape index (κ3) is 4.04. The summed E-state index contributed by atoms with van der Waals surface area (Å²) in [6, 6.07) is 3.91. The molecule has 0 bridgehead atoms. The third-order valence-electron chi connectivity index (χ3n) is 2.79. The quantitative estimate of drug-likeness (QED) is 0.835. The summed E-state index contributed by atoms with van der Waals surface area (Å²) in [6.45, 7) is 6.22. The number of hydrogen-bond donors (Lipinski definition) is 1. The molecule has 0 aromatic heterocycles. The molecule has 0 aliphatic rings. The van der Waals surface area contributed by atoms with Crippen LogP contribution in [0.1, 0.15) is 18.5 Å². The topological polar surface area (TPSA) is 39.7 Å². The summed E-state index contributed by atoms with van der Waals surface area (Å²) in [5, 5.41) is 3.82. The first kappa shape index (κ1) is 15.7. The van der Waals surface area contributed by atoms with Crippen LogP contribution < -0.4 is 19.5 Å². The zero-order chi connectivity index (χ0) is 14.4. The van der Waals surface area contributed by atoms with Crippen molar-refractivity contribution in [2.24, 2.45) is 0 Å². The number of halogens is 1. The number of hydrogen-bond acceptors (Lipinski definition) is 4. The Morgan fingerprint density at radius 2 is 1.74 bits per heavy atom. The van der Waals surface area contributed by atoms with Gasteiger partial charge in [-0.1, -0.05) is 18.2 Å². The maximum Gasteiger partial charge on any atom is 0.203 e. The van der Waals surface area contributed by atoms with Crippen molar-refractivity contribution < 1.29 is 14.2 Å². The summed E-state index contributed by atoms with van der Waals surface area (Å²) in [5.41, 5.74) is 1.02. The fourth-order valence-electron chi connectivity index (χ4n) is 1.73. The van der Waals surface area contributed by atoms with Crippen molar-refractivity contribution >= 4 is 11.6 Å². The van der Waals surface area contributed by atoms with Gasteiger partial charge in [-0.3, -0.25) is 0 Å². The van der Waals surface area contributed by atoms with E-state index in [1.165, 1.54) is 0 Å². The van der Waals surface area contributed by atoms with Crippen molar-refractivity contribution in [1.82, 2.24) is 5.32 Å². The van der Waals surface area contributed by atoms with Crippen LogP contribution in [-0.2, 0) is 0 Å². The molecule has 1 aromatic carbocycles. The summed E-state index contributed by atoms with van der Waals surface area (Å²) in [5.74, 6) is 1.85. The van der Waals surface area contributed by atoms with Gasteiger partial charge < -0.3 is 19.5 Å². The third-order valence-corrected chi connectivity index (χ3v) is 2.92. The standard InChI is InChI=1S/C14H20ClNO3/c1-9(15)8-16-10(2)11-6-12(17-3)14(19-5)13(7-11)18-4/h6-7,10,16H,1,8H2,2-5H3. The Kier molecular flexibility index (Phi) is 5.99. The first-order chi connectivity index (χ1) is 9.03. The van der Waals surface area contributed by atoms with Gasteiger partial charge >= 0.3 is 0 Å². The summed E-state index contributed by atoms with van der Waals surface area (Å²) < 4.78 is 15.9. The largest absolute Gasteiger partial charge is 0.493 e. The molecule has 106 valence electrons. The first-order valence-electron chi connectivity index (χ1n) is 5.90. The molecule has 0 aliphatic carbocycles. The van der Waals surface area contributed by atoms with Gasteiger partial charge in [0.05, 0.1) is 21.3 Å². The molecule has 0 amide bonds. The SMILES string of the molecule is C=C(Cl)CNC(C)c1cc(OC)c(OC)c(OC)c1. The van der Waals surface area contributed by atoms with Gasteiger partial charge in [0.15, 0.2) is 11.5 Å². The molecule has 0 fully saturated rings. The van der Waals surface area contributed by atoms with E-state index in [2.05, 4.69) is 11.9 Å². The molecule has 0 aliphatic heterocycles. The van der Waals surface area contributed by atoms with Crippen LogP contribution in [0.2, 0.25) is 0 Å². The van der Waals surface area contributed by atoms with Crippen molar-refractivity contribution in [3.8, 4) is 17.2 Å². The van der Waals surface area contributed by atoms with Crippen molar-refractivity contribution in [2.45, 2.75) is 13.0 Å². The van der Waals surface area contributed by atoms with Crippen LogP contribution in [0.4, 0.5) is 0 Å². The molecule has 0 saturated heterocycles. The van der Waals surface area contributed by atoms with Gasteiger partial charge in [0.2, 0.25) is 5.75 Å². The molecular weight excluding hydrogens is 266 g/mol. The zero-order valence-electron chi connectivity index (χ0n) is 11.7. The van der Waals surface area contributed by atoms with E-state index in [0.29, 0.717) is 28.8 Å². The fraction of sp³-hybridized carbons (Fsp3) is 0.429. The molecule has 1 N–H and O–H groups in total. The van der Waals surface area contributed by atoms with Crippen LogP contribution >= 0.6 is 11.6 Å². The molecule has 4 nitrogen and oxygen atoms in total. The van der Waals surface area contributed by atoms with E-state index in [0.717, 1.165) is 5.56 Å². The Hall–Kier alpha value is -1.39. The maximum absolute atomic E-state index is 5.75. The van der Waals surface area contributed by atoms with Gasteiger partial charge in [0, 0.05) is 17.6 Å². The van der Waals surface area contributed by atoms with Crippen LogP contribution in [-0.4, -0.2) is 27.9 Å². The average Bonchev–Trinajstić information content (AvgIpc) is 2.42. The molecular formula is C14H20ClNO3. The van der Waals surface area contributed by atoms with E-state index in [-0.39, 0.29) is 6.04 Å². The molecule has 1 aromatic rings. The number of benzene rings is 1. The summed E-state index contributed by atoms with van der Waals surface area (Å²) in [6.07, 6.45) is 0. The van der Waals surface area contributed by atoms with Crippen molar-refractivity contribution in [2.75, 3.05) is 27.9 Å². The lowest BCUT2D eigenvalue weighted by Gasteiger charge is -2.18. The number of ether oxygens (including phenoxy) is 3. The van der Waals surface area contributed by atoms with Gasteiger partial charge in [0.1, 0.15) is 0 Å². The molecule has 0 heterocycles. The minimum absolute atomic E-state index is 0.0872. The van der Waals surface area contributed by atoms with Crippen LogP contribution in [0.5, 0.6) is 17.2 Å². The predicted octanol–water partition coefficient (Wildman–Crippen LogP) is 3.12. The predicted molar refractivity (Wildman–Crippen MR) is 77.5 cm³/mol. The molecule has 0 radical (unpaired) electrons. The highest BCUT2D eigenvalue weighted by Gasteiger charge is 2.16. The minimum atomic E-state index is 0.0872. The van der Waals surface area contributed by atoms with Gasteiger partial charge in [-0.2, -0.15) is 0 Å². The smallest absolute Gasteiger partial charge is 0.203 e. The number of nitrogens with one attached hydrogen (secondary N) is 1. The number of methoxy groups -OCH3 is 3. The van der Waals surface area contributed by atoms with E-state index >= 15 is 0 Å². The van der Waals surface area contributed by atoms with Crippen LogP contribution in [0.25, 0.3) is 0 Å². The molecule has 0 saturated carbocycles.